The minimum atomic E-state index is -0.0877. The van der Waals surface area contributed by atoms with Crippen molar-refractivity contribution >= 4 is 17.4 Å². The van der Waals surface area contributed by atoms with Crippen LogP contribution in [0.15, 0.2) is 36.7 Å². The first kappa shape index (κ1) is 16.9. The Bertz CT molecular complexity index is 631. The zero-order valence-electron chi connectivity index (χ0n) is 14.2. The predicted molar refractivity (Wildman–Crippen MR) is 93.1 cm³/mol. The van der Waals surface area contributed by atoms with Gasteiger partial charge < -0.3 is 10.2 Å². The Labute approximate surface area is 137 Å². The summed E-state index contributed by atoms with van der Waals surface area (Å²) in [4.78, 5) is 22.4. The summed E-state index contributed by atoms with van der Waals surface area (Å²) in [5.41, 5.74) is 2.61. The highest BCUT2D eigenvalue weighted by Gasteiger charge is 2.14. The predicted octanol–water partition coefficient (Wildman–Crippen LogP) is 3.83. The fraction of sp³-hybridized carbons (Fsp3) is 0.389. The molecule has 5 heteroatoms. The Morgan fingerprint density at radius 2 is 1.74 bits per heavy atom. The number of nitrogens with one attached hydrogen (secondary N) is 1. The van der Waals surface area contributed by atoms with Crippen molar-refractivity contribution in [3.8, 4) is 0 Å². The Hall–Kier alpha value is -2.43. The van der Waals surface area contributed by atoms with Gasteiger partial charge in [-0.25, -0.2) is 9.97 Å². The third-order valence-corrected chi connectivity index (χ3v) is 3.77. The van der Waals surface area contributed by atoms with Crippen LogP contribution in [0.5, 0.6) is 0 Å². The minimum Gasteiger partial charge on any atom is -0.339 e. The van der Waals surface area contributed by atoms with Crippen LogP contribution in [-0.2, 0) is 0 Å². The van der Waals surface area contributed by atoms with E-state index in [4.69, 9.17) is 0 Å². The lowest BCUT2D eigenvalue weighted by Gasteiger charge is -2.17. The number of aromatic nitrogens is 2. The molecule has 0 fully saturated rings. The van der Waals surface area contributed by atoms with Crippen molar-refractivity contribution in [2.45, 2.75) is 33.6 Å². The number of rotatable bonds is 6. The number of nitrogens with zero attached hydrogens (tertiary/aromatic N) is 3. The third-order valence-electron chi connectivity index (χ3n) is 3.77. The quantitative estimate of drug-likeness (QED) is 0.881. The maximum absolute atomic E-state index is 12.2. The summed E-state index contributed by atoms with van der Waals surface area (Å²) in [7, 11) is 0. The van der Waals surface area contributed by atoms with E-state index in [-0.39, 0.29) is 5.91 Å². The van der Waals surface area contributed by atoms with E-state index >= 15 is 0 Å². The van der Waals surface area contributed by atoms with E-state index in [9.17, 15) is 4.79 Å². The van der Waals surface area contributed by atoms with Gasteiger partial charge in [-0.15, -0.1) is 0 Å². The summed E-state index contributed by atoms with van der Waals surface area (Å²) in [6.45, 7) is 9.56. The first-order valence-electron chi connectivity index (χ1n) is 8.03. The smallest absolute Gasteiger partial charge is 0.274 e. The van der Waals surface area contributed by atoms with Crippen molar-refractivity contribution in [3.05, 3.63) is 47.9 Å². The van der Waals surface area contributed by atoms with Gasteiger partial charge in [0, 0.05) is 18.8 Å². The molecular weight excluding hydrogens is 288 g/mol. The van der Waals surface area contributed by atoms with E-state index in [0.717, 1.165) is 5.69 Å². The topological polar surface area (TPSA) is 58.1 Å². The summed E-state index contributed by atoms with van der Waals surface area (Å²) < 4.78 is 0. The van der Waals surface area contributed by atoms with Gasteiger partial charge in [0.1, 0.15) is 11.5 Å². The Morgan fingerprint density at radius 3 is 2.22 bits per heavy atom. The minimum absolute atomic E-state index is 0.0877. The fourth-order valence-electron chi connectivity index (χ4n) is 2.28. The standard InChI is InChI=1S/C18H24N4O/c1-5-22(6-2)18(23)16-11-20-17(12-19-16)21-15-9-7-14(8-10-15)13(3)4/h7-13H,5-6H2,1-4H3,(H,20,21). The SMILES string of the molecule is CCN(CC)C(=O)c1cnc(Nc2ccc(C(C)C)cc2)cn1. The van der Waals surface area contributed by atoms with Gasteiger partial charge in [0.25, 0.3) is 5.91 Å². The normalized spacial score (nSPS) is 10.7. The highest BCUT2D eigenvalue weighted by atomic mass is 16.2. The summed E-state index contributed by atoms with van der Waals surface area (Å²) in [5, 5.41) is 3.19. The summed E-state index contributed by atoms with van der Waals surface area (Å²) >= 11 is 0. The number of hydrogen-bond donors (Lipinski definition) is 1. The van der Waals surface area contributed by atoms with Gasteiger partial charge in [0.2, 0.25) is 0 Å². The number of carbonyl (C=O) groups is 1. The van der Waals surface area contributed by atoms with Gasteiger partial charge in [-0.05, 0) is 37.5 Å². The average molecular weight is 312 g/mol. The van der Waals surface area contributed by atoms with E-state index in [1.807, 2.05) is 26.0 Å². The van der Waals surface area contributed by atoms with Gasteiger partial charge in [-0.3, -0.25) is 4.79 Å². The molecule has 122 valence electrons. The van der Waals surface area contributed by atoms with Crippen molar-refractivity contribution < 1.29 is 4.79 Å². The van der Waals surface area contributed by atoms with Crippen molar-refractivity contribution in [2.24, 2.45) is 0 Å². The number of benzene rings is 1. The van der Waals surface area contributed by atoms with Gasteiger partial charge in [-0.2, -0.15) is 0 Å². The average Bonchev–Trinajstić information content (AvgIpc) is 2.57. The number of anilines is 2. The van der Waals surface area contributed by atoms with Crippen LogP contribution in [0, 0.1) is 0 Å². The maximum Gasteiger partial charge on any atom is 0.274 e. The maximum atomic E-state index is 12.2. The molecule has 0 atom stereocenters. The highest BCUT2D eigenvalue weighted by molar-refractivity contribution is 5.92. The molecule has 1 aromatic heterocycles. The van der Waals surface area contributed by atoms with E-state index in [0.29, 0.717) is 30.5 Å². The highest BCUT2D eigenvalue weighted by Crippen LogP contribution is 2.19. The van der Waals surface area contributed by atoms with Crippen molar-refractivity contribution in [2.75, 3.05) is 18.4 Å². The van der Waals surface area contributed by atoms with Crippen LogP contribution in [0.3, 0.4) is 0 Å². The van der Waals surface area contributed by atoms with E-state index in [2.05, 4.69) is 41.3 Å². The molecule has 0 unspecified atom stereocenters. The second-order valence-electron chi connectivity index (χ2n) is 5.67. The molecule has 0 aliphatic rings. The first-order valence-corrected chi connectivity index (χ1v) is 8.03. The molecular formula is C18H24N4O. The van der Waals surface area contributed by atoms with E-state index in [1.165, 1.54) is 11.8 Å². The largest absolute Gasteiger partial charge is 0.339 e. The molecule has 5 nitrogen and oxygen atoms in total. The van der Waals surface area contributed by atoms with Crippen LogP contribution in [0.1, 0.15) is 49.7 Å². The fourth-order valence-corrected chi connectivity index (χ4v) is 2.28. The molecule has 0 spiro atoms. The number of amides is 1. The molecule has 0 aliphatic carbocycles. The molecule has 0 saturated heterocycles. The molecule has 1 amide bonds. The van der Waals surface area contributed by atoms with E-state index < -0.39 is 0 Å². The lowest BCUT2D eigenvalue weighted by atomic mass is 10.0. The van der Waals surface area contributed by atoms with Crippen molar-refractivity contribution in [3.63, 3.8) is 0 Å². The third kappa shape index (κ3) is 4.28. The lowest BCUT2D eigenvalue weighted by Crippen LogP contribution is -2.31. The van der Waals surface area contributed by atoms with Crippen LogP contribution < -0.4 is 5.32 Å². The second-order valence-corrected chi connectivity index (χ2v) is 5.67. The van der Waals surface area contributed by atoms with Crippen LogP contribution in [0.4, 0.5) is 11.5 Å². The Balaban J connectivity index is 2.06. The van der Waals surface area contributed by atoms with Gasteiger partial charge in [0.05, 0.1) is 12.4 Å². The van der Waals surface area contributed by atoms with Crippen LogP contribution in [0.25, 0.3) is 0 Å². The van der Waals surface area contributed by atoms with Gasteiger partial charge in [-0.1, -0.05) is 26.0 Å². The monoisotopic (exact) mass is 312 g/mol. The lowest BCUT2D eigenvalue weighted by molar-refractivity contribution is 0.0766. The zero-order valence-corrected chi connectivity index (χ0v) is 14.2. The van der Waals surface area contributed by atoms with Crippen molar-refractivity contribution in [1.82, 2.24) is 14.9 Å². The zero-order chi connectivity index (χ0) is 16.8. The van der Waals surface area contributed by atoms with Crippen LogP contribution in [-0.4, -0.2) is 33.9 Å². The second kappa shape index (κ2) is 7.72. The Kier molecular flexibility index (Phi) is 5.68. The molecule has 23 heavy (non-hydrogen) atoms. The molecule has 0 radical (unpaired) electrons. The molecule has 1 aromatic carbocycles. The van der Waals surface area contributed by atoms with Crippen LogP contribution >= 0.6 is 0 Å². The van der Waals surface area contributed by atoms with Gasteiger partial charge in [0.15, 0.2) is 0 Å². The number of carbonyl (C=O) groups excluding carboxylic acids is 1. The molecule has 0 bridgehead atoms. The molecule has 1 heterocycles. The molecule has 0 saturated carbocycles. The van der Waals surface area contributed by atoms with Gasteiger partial charge >= 0.3 is 0 Å². The summed E-state index contributed by atoms with van der Waals surface area (Å²) in [6.07, 6.45) is 3.11. The Morgan fingerprint density at radius 1 is 1.09 bits per heavy atom. The first-order chi connectivity index (χ1) is 11.0. The van der Waals surface area contributed by atoms with Crippen LogP contribution in [0.2, 0.25) is 0 Å². The number of hydrogen-bond acceptors (Lipinski definition) is 4. The summed E-state index contributed by atoms with van der Waals surface area (Å²) in [5.74, 6) is 1.04. The molecule has 2 rings (SSSR count). The molecule has 0 aliphatic heterocycles. The molecule has 1 N–H and O–H groups in total. The molecule has 2 aromatic rings. The van der Waals surface area contributed by atoms with Crippen molar-refractivity contribution in [1.29, 1.82) is 0 Å². The summed E-state index contributed by atoms with van der Waals surface area (Å²) in [6, 6.07) is 8.23. The van der Waals surface area contributed by atoms with E-state index in [1.54, 1.807) is 11.1 Å².